The van der Waals surface area contributed by atoms with Gasteiger partial charge in [0.2, 0.25) is 0 Å². The molecule has 1 N–H and O–H groups in total. The minimum absolute atomic E-state index is 0. The molecule has 0 aliphatic carbocycles. The third kappa shape index (κ3) is 78.8. The topological polar surface area (TPSA) is 70.1 Å². The van der Waals surface area contributed by atoms with Crippen LogP contribution in [0.15, 0.2) is 0 Å². The molecule has 0 aromatic carbocycles. The van der Waals surface area contributed by atoms with Crippen LogP contribution in [-0.2, 0) is 4.79 Å². The molecule has 32 valence electrons. The molecule has 0 saturated heterocycles. The van der Waals surface area contributed by atoms with Gasteiger partial charge < -0.3 is 15.4 Å². The van der Waals surface area contributed by atoms with E-state index in [2.05, 4.69) is 0 Å². The van der Waals surface area contributed by atoms with Crippen LogP contribution >= 0.6 is 0 Å². The van der Waals surface area contributed by atoms with Gasteiger partial charge in [0.25, 0.3) is 0 Å². The molecule has 0 aromatic heterocycles. The van der Waals surface area contributed by atoms with Gasteiger partial charge in [0.15, 0.2) is 0 Å². The zero-order valence-corrected chi connectivity index (χ0v) is 11.8. The van der Waals surface area contributed by atoms with Gasteiger partial charge in [-0.3, -0.25) is 0 Å². The first-order valence-corrected chi connectivity index (χ1v) is 0.908. The van der Waals surface area contributed by atoms with E-state index in [4.69, 9.17) is 9.90 Å². The molecule has 0 unspecified atom stereocenters. The molecule has 0 bridgehead atoms. The second kappa shape index (κ2) is 22.7. The van der Waals surface area contributed by atoms with E-state index in [9.17, 15) is 0 Å². The number of carboxylic acid groups (broad SMARTS) is 1. The van der Waals surface area contributed by atoms with Gasteiger partial charge in [0, 0.05) is 5.97 Å². The maximum absolute atomic E-state index is 8.89. The van der Waals surface area contributed by atoms with Crippen molar-refractivity contribution in [3.8, 4) is 0 Å². The van der Waals surface area contributed by atoms with E-state index in [-0.39, 0.29) is 94.1 Å². The van der Waals surface area contributed by atoms with E-state index in [1.165, 1.54) is 0 Å². The molecule has 0 spiro atoms. The molecule has 0 aliphatic heterocycles. The van der Waals surface area contributed by atoms with E-state index in [1.807, 2.05) is 0 Å². The molecule has 8 heavy (non-hydrogen) atoms. The molecule has 0 saturated carbocycles. The second-order valence-electron chi connectivity index (χ2n) is 0.492. The first-order chi connectivity index (χ1) is 1.73. The third-order valence-electron chi connectivity index (χ3n) is 0. The Kier molecular flexibility index (Phi) is 89.4. The minimum Gasteiger partial charge on any atom is -0.870 e. The summed E-state index contributed by atoms with van der Waals surface area (Å²) in [4.78, 5) is 8.89. The molecule has 0 atom stereocenters. The van der Waals surface area contributed by atoms with Crippen LogP contribution < -0.4 is 93.8 Å². The van der Waals surface area contributed by atoms with Crippen LogP contribution in [0.2, 0.25) is 0 Å². The van der Waals surface area contributed by atoms with Crippen LogP contribution in [0.25, 0.3) is 0 Å². The van der Waals surface area contributed by atoms with Crippen molar-refractivity contribution in [2.75, 3.05) is 0 Å². The third-order valence-corrected chi connectivity index (χ3v) is 0. The van der Waals surface area contributed by atoms with Crippen LogP contribution in [0.1, 0.15) is 6.92 Å². The molecular weight excluding hydrogens is 141 g/mol. The average Bonchev–Trinajstić information content (AvgIpc) is 0.811. The van der Waals surface area contributed by atoms with Gasteiger partial charge >= 0.3 is 88.7 Å². The Morgan fingerprint density at radius 1 is 1.25 bits per heavy atom. The maximum atomic E-state index is 8.89. The van der Waals surface area contributed by atoms with Crippen LogP contribution in [-0.4, -0.2) is 11.4 Å². The number of aliphatic carboxylic acids is 1. The number of carboxylic acids is 1. The standard InChI is InChI=1S/C2H4O2.3Na.H2O/c1-2(3)4;;;;/h1H3,(H,3,4);;;;1H2/q;3*+1;/p-2. The normalized spacial score (nSPS) is 3.12. The molecule has 0 rings (SSSR count). The number of carbonyl (C=O) groups is 1. The SMILES string of the molecule is CC(=O)[O-].[Na+].[Na+].[Na+].[OH-]. The summed E-state index contributed by atoms with van der Waals surface area (Å²) in [6.45, 7) is 0.972. The number of hydrogen-bond donors (Lipinski definition) is 0. The Hall–Kier alpha value is 2.43. The predicted molar refractivity (Wildman–Crippen MR) is 12.6 cm³/mol. The minimum atomic E-state index is -1.08. The fourth-order valence-electron chi connectivity index (χ4n) is 0. The molecule has 6 heteroatoms. The van der Waals surface area contributed by atoms with Gasteiger partial charge in [-0.25, -0.2) is 0 Å². The molecular formula is C2H4Na3O3+. The summed E-state index contributed by atoms with van der Waals surface area (Å²) in [6.07, 6.45) is 0. The van der Waals surface area contributed by atoms with Gasteiger partial charge in [-0.15, -0.1) is 0 Å². The van der Waals surface area contributed by atoms with Crippen molar-refractivity contribution in [1.29, 1.82) is 0 Å². The van der Waals surface area contributed by atoms with Gasteiger partial charge in [-0.05, 0) is 6.92 Å². The van der Waals surface area contributed by atoms with Crippen LogP contribution in [0, 0.1) is 0 Å². The maximum Gasteiger partial charge on any atom is 1.00 e. The van der Waals surface area contributed by atoms with Crippen molar-refractivity contribution in [2.24, 2.45) is 0 Å². The summed E-state index contributed by atoms with van der Waals surface area (Å²) in [6, 6.07) is 0. The van der Waals surface area contributed by atoms with Crippen molar-refractivity contribution in [3.05, 3.63) is 0 Å². The van der Waals surface area contributed by atoms with Crippen LogP contribution in [0.5, 0.6) is 0 Å². The molecule has 0 heterocycles. The summed E-state index contributed by atoms with van der Waals surface area (Å²) in [5, 5.41) is 8.89. The van der Waals surface area contributed by atoms with Crippen molar-refractivity contribution in [3.63, 3.8) is 0 Å². The Morgan fingerprint density at radius 2 is 1.25 bits per heavy atom. The van der Waals surface area contributed by atoms with Crippen molar-refractivity contribution in [1.82, 2.24) is 0 Å². The van der Waals surface area contributed by atoms with Crippen LogP contribution in [0.4, 0.5) is 0 Å². The van der Waals surface area contributed by atoms with Crippen molar-refractivity contribution in [2.45, 2.75) is 6.92 Å². The number of carbonyl (C=O) groups excluding carboxylic acids is 1. The van der Waals surface area contributed by atoms with Crippen LogP contribution in [0.3, 0.4) is 0 Å². The molecule has 0 aliphatic rings. The van der Waals surface area contributed by atoms with Gasteiger partial charge in [-0.1, -0.05) is 0 Å². The summed E-state index contributed by atoms with van der Waals surface area (Å²) in [7, 11) is 0. The van der Waals surface area contributed by atoms with Gasteiger partial charge in [0.1, 0.15) is 0 Å². The Labute approximate surface area is 115 Å². The average molecular weight is 145 g/mol. The summed E-state index contributed by atoms with van der Waals surface area (Å²) in [5.74, 6) is -1.08. The number of hydrogen-bond acceptors (Lipinski definition) is 3. The smallest absolute Gasteiger partial charge is 0.870 e. The fraction of sp³-hybridized carbons (Fsp3) is 0.500. The van der Waals surface area contributed by atoms with Crippen molar-refractivity contribution < 1.29 is 104 Å². The second-order valence-corrected chi connectivity index (χ2v) is 0.492. The van der Waals surface area contributed by atoms with Gasteiger partial charge in [0.05, 0.1) is 0 Å². The van der Waals surface area contributed by atoms with E-state index >= 15 is 0 Å². The zero-order chi connectivity index (χ0) is 3.58. The zero-order valence-electron chi connectivity index (χ0n) is 5.76. The first kappa shape index (κ1) is 31.5. The Balaban J connectivity index is -0.00000000750. The Bertz CT molecular complexity index is 35.5. The van der Waals surface area contributed by atoms with Crippen molar-refractivity contribution >= 4 is 5.97 Å². The largest absolute Gasteiger partial charge is 1.00 e. The summed E-state index contributed by atoms with van der Waals surface area (Å²) < 4.78 is 0. The molecule has 0 amide bonds. The summed E-state index contributed by atoms with van der Waals surface area (Å²) in [5.41, 5.74) is 0. The van der Waals surface area contributed by atoms with E-state index < -0.39 is 5.97 Å². The molecule has 0 radical (unpaired) electrons. The first-order valence-electron chi connectivity index (χ1n) is 0.908. The Morgan fingerprint density at radius 3 is 1.25 bits per heavy atom. The molecule has 3 nitrogen and oxygen atoms in total. The number of rotatable bonds is 0. The predicted octanol–water partition coefficient (Wildman–Crippen LogP) is -10.4. The van der Waals surface area contributed by atoms with Gasteiger partial charge in [-0.2, -0.15) is 0 Å². The fourth-order valence-corrected chi connectivity index (χ4v) is 0. The van der Waals surface area contributed by atoms with E-state index in [0.29, 0.717) is 0 Å². The quantitative estimate of drug-likeness (QED) is 0.318. The molecule has 0 aromatic rings. The van der Waals surface area contributed by atoms with E-state index in [0.717, 1.165) is 6.92 Å². The monoisotopic (exact) mass is 145 g/mol. The van der Waals surface area contributed by atoms with E-state index in [1.54, 1.807) is 0 Å². The summed E-state index contributed by atoms with van der Waals surface area (Å²) >= 11 is 0. The molecule has 0 fully saturated rings.